The lowest BCUT2D eigenvalue weighted by Crippen LogP contribution is -2.34. The predicted octanol–water partition coefficient (Wildman–Crippen LogP) is 2.80. The maximum absolute atomic E-state index is 12.4. The number of allylic oxidation sites excluding steroid dienone is 2. The summed E-state index contributed by atoms with van der Waals surface area (Å²) in [4.78, 5) is 15.6. The predicted molar refractivity (Wildman–Crippen MR) is 87.9 cm³/mol. The molecule has 5 heterocycles. The molecule has 1 saturated heterocycles. The fourth-order valence-corrected chi connectivity index (χ4v) is 5.06. The molecule has 1 N–H and O–H groups in total. The molecule has 0 spiro atoms. The standard InChI is InChI=1S/C17H14N4O2S/c18-6-9-11-3-1-2-4-21(11)12-8-23-17(22)16(12)15(9)13-5-10-14(24-13)7-19-20-10/h5,7,15H,1-4,8H2,(H,19,20). The first kappa shape index (κ1) is 13.8. The van der Waals surface area contributed by atoms with Gasteiger partial charge in [-0.25, -0.2) is 4.79 Å². The van der Waals surface area contributed by atoms with Crippen LogP contribution in [-0.2, 0) is 9.53 Å². The van der Waals surface area contributed by atoms with Crippen molar-refractivity contribution in [2.45, 2.75) is 25.2 Å². The molecule has 120 valence electrons. The highest BCUT2D eigenvalue weighted by atomic mass is 32.1. The second kappa shape index (κ2) is 4.95. The van der Waals surface area contributed by atoms with Crippen molar-refractivity contribution in [2.24, 2.45) is 0 Å². The van der Waals surface area contributed by atoms with Crippen LogP contribution in [0.25, 0.3) is 10.2 Å². The number of esters is 1. The van der Waals surface area contributed by atoms with E-state index in [1.165, 1.54) is 0 Å². The fourth-order valence-electron chi connectivity index (χ4n) is 3.96. The Balaban J connectivity index is 1.74. The Morgan fingerprint density at radius 2 is 2.33 bits per heavy atom. The van der Waals surface area contributed by atoms with Gasteiger partial charge in [-0.15, -0.1) is 11.3 Å². The third-order valence-corrected chi connectivity index (χ3v) is 6.14. The SMILES string of the molecule is N#CC1=C2CCCCN2C2=C(C(=O)OC2)C1c1cc2[nH]ncc2s1. The van der Waals surface area contributed by atoms with Crippen LogP contribution in [0.3, 0.4) is 0 Å². The molecule has 7 heteroatoms. The van der Waals surface area contributed by atoms with E-state index >= 15 is 0 Å². The van der Waals surface area contributed by atoms with E-state index in [2.05, 4.69) is 21.2 Å². The van der Waals surface area contributed by atoms with Gasteiger partial charge >= 0.3 is 5.97 Å². The maximum atomic E-state index is 12.4. The molecule has 0 amide bonds. The molecule has 0 bridgehead atoms. The molecule has 1 fully saturated rings. The first-order valence-corrected chi connectivity index (χ1v) is 8.83. The van der Waals surface area contributed by atoms with Crippen molar-refractivity contribution in [3.8, 4) is 6.07 Å². The van der Waals surface area contributed by atoms with Crippen molar-refractivity contribution in [1.29, 1.82) is 5.26 Å². The molecule has 1 unspecified atom stereocenters. The summed E-state index contributed by atoms with van der Waals surface area (Å²) >= 11 is 1.58. The number of carbonyl (C=O) groups excluding carboxylic acids is 1. The Kier molecular flexibility index (Phi) is 2.85. The number of fused-ring (bicyclic) bond motifs is 3. The van der Waals surface area contributed by atoms with E-state index in [9.17, 15) is 10.1 Å². The average molecular weight is 338 g/mol. The number of nitrogens with one attached hydrogen (secondary N) is 1. The zero-order valence-electron chi connectivity index (χ0n) is 12.8. The third kappa shape index (κ3) is 1.74. The van der Waals surface area contributed by atoms with Gasteiger partial charge in [0.2, 0.25) is 0 Å². The number of aromatic amines is 1. The molecule has 0 aromatic carbocycles. The van der Waals surface area contributed by atoms with Gasteiger partial charge in [0, 0.05) is 17.1 Å². The number of piperidine rings is 1. The molecule has 3 aliphatic rings. The zero-order valence-corrected chi connectivity index (χ0v) is 13.7. The number of carbonyl (C=O) groups is 1. The van der Waals surface area contributed by atoms with E-state index in [0.29, 0.717) is 17.8 Å². The lowest BCUT2D eigenvalue weighted by Gasteiger charge is -2.38. The summed E-state index contributed by atoms with van der Waals surface area (Å²) in [5.74, 6) is -0.599. The molecule has 6 nitrogen and oxygen atoms in total. The topological polar surface area (TPSA) is 82.0 Å². The van der Waals surface area contributed by atoms with Crippen LogP contribution in [0, 0.1) is 11.3 Å². The van der Waals surface area contributed by atoms with Gasteiger partial charge in [-0.1, -0.05) is 0 Å². The highest BCUT2D eigenvalue weighted by Gasteiger charge is 2.44. The van der Waals surface area contributed by atoms with Crippen LogP contribution in [-0.4, -0.2) is 34.2 Å². The van der Waals surface area contributed by atoms with Crippen LogP contribution in [0.15, 0.2) is 34.8 Å². The maximum Gasteiger partial charge on any atom is 0.337 e. The summed E-state index contributed by atoms with van der Waals surface area (Å²) in [6, 6.07) is 4.40. The van der Waals surface area contributed by atoms with E-state index in [1.54, 1.807) is 17.5 Å². The molecular weight excluding hydrogens is 324 g/mol. The van der Waals surface area contributed by atoms with Gasteiger partial charge in [-0.2, -0.15) is 10.4 Å². The molecule has 0 saturated carbocycles. The van der Waals surface area contributed by atoms with Crippen molar-refractivity contribution in [2.75, 3.05) is 13.2 Å². The quantitative estimate of drug-likeness (QED) is 0.809. The Morgan fingerprint density at radius 1 is 1.42 bits per heavy atom. The number of cyclic esters (lactones) is 1. The first-order chi connectivity index (χ1) is 11.8. The van der Waals surface area contributed by atoms with Crippen molar-refractivity contribution in [3.63, 3.8) is 0 Å². The van der Waals surface area contributed by atoms with Gasteiger partial charge < -0.3 is 9.64 Å². The number of nitrogens with zero attached hydrogens (tertiary/aromatic N) is 3. The highest BCUT2D eigenvalue weighted by Crippen LogP contribution is 2.48. The number of hydrogen-bond donors (Lipinski definition) is 1. The summed E-state index contributed by atoms with van der Waals surface area (Å²) in [5.41, 5.74) is 4.31. The molecule has 2 aromatic rings. The minimum atomic E-state index is -0.310. The summed E-state index contributed by atoms with van der Waals surface area (Å²) in [6.07, 6.45) is 4.82. The van der Waals surface area contributed by atoms with Crippen LogP contribution in [0.2, 0.25) is 0 Å². The number of aromatic nitrogens is 2. The van der Waals surface area contributed by atoms with Crippen LogP contribution in [0.5, 0.6) is 0 Å². The highest BCUT2D eigenvalue weighted by molar-refractivity contribution is 7.19. The minimum absolute atomic E-state index is 0.289. The van der Waals surface area contributed by atoms with Crippen molar-refractivity contribution in [3.05, 3.63) is 39.7 Å². The monoisotopic (exact) mass is 338 g/mol. The lowest BCUT2D eigenvalue weighted by atomic mass is 9.82. The minimum Gasteiger partial charge on any atom is -0.456 e. The van der Waals surface area contributed by atoms with Crippen molar-refractivity contribution in [1.82, 2.24) is 15.1 Å². The van der Waals surface area contributed by atoms with Crippen molar-refractivity contribution < 1.29 is 9.53 Å². The summed E-state index contributed by atoms with van der Waals surface area (Å²) in [6.45, 7) is 1.18. The van der Waals surface area contributed by atoms with Crippen LogP contribution in [0.4, 0.5) is 0 Å². The molecular formula is C17H14N4O2S. The molecule has 1 atom stereocenters. The zero-order chi connectivity index (χ0) is 16.3. The number of hydrogen-bond acceptors (Lipinski definition) is 6. The van der Waals surface area contributed by atoms with Gasteiger partial charge in [0.05, 0.1) is 45.2 Å². The number of rotatable bonds is 1. The van der Waals surface area contributed by atoms with Crippen molar-refractivity contribution >= 4 is 27.5 Å². The third-order valence-electron chi connectivity index (χ3n) is 5.01. The number of thiophene rings is 1. The Morgan fingerprint density at radius 3 is 3.17 bits per heavy atom. The second-order valence-electron chi connectivity index (χ2n) is 6.25. The van der Waals surface area contributed by atoms with E-state index in [0.717, 1.165) is 52.3 Å². The van der Waals surface area contributed by atoms with E-state index in [-0.39, 0.29) is 11.9 Å². The first-order valence-electron chi connectivity index (χ1n) is 8.01. The lowest BCUT2D eigenvalue weighted by molar-refractivity contribution is -0.136. The second-order valence-corrected chi connectivity index (χ2v) is 7.36. The largest absolute Gasteiger partial charge is 0.456 e. The summed E-state index contributed by atoms with van der Waals surface area (Å²) in [7, 11) is 0. The molecule has 5 rings (SSSR count). The Hall–Kier alpha value is -2.59. The molecule has 0 aliphatic carbocycles. The number of nitriles is 1. The van der Waals surface area contributed by atoms with Crippen LogP contribution >= 0.6 is 11.3 Å². The fraction of sp³-hybridized carbons (Fsp3) is 0.353. The Labute approximate surface area is 142 Å². The number of ether oxygens (including phenoxy) is 1. The molecule has 0 radical (unpaired) electrons. The van der Waals surface area contributed by atoms with Gasteiger partial charge in [0.15, 0.2) is 0 Å². The van der Waals surface area contributed by atoms with Crippen LogP contribution < -0.4 is 0 Å². The average Bonchev–Trinajstić information content (AvgIpc) is 3.28. The van der Waals surface area contributed by atoms with Gasteiger partial charge in [0.1, 0.15) is 6.61 Å². The number of H-pyrrole nitrogens is 1. The van der Waals surface area contributed by atoms with E-state index < -0.39 is 0 Å². The molecule has 2 aromatic heterocycles. The summed E-state index contributed by atoms with van der Waals surface area (Å²) in [5, 5.41) is 16.9. The summed E-state index contributed by atoms with van der Waals surface area (Å²) < 4.78 is 6.38. The van der Waals surface area contributed by atoms with E-state index in [1.807, 2.05) is 6.07 Å². The normalized spacial score (nSPS) is 23.4. The molecule has 3 aliphatic heterocycles. The Bertz CT molecular complexity index is 946. The van der Waals surface area contributed by atoms with Gasteiger partial charge in [-0.05, 0) is 25.3 Å². The van der Waals surface area contributed by atoms with E-state index in [4.69, 9.17) is 4.74 Å². The smallest absolute Gasteiger partial charge is 0.337 e. The van der Waals surface area contributed by atoms with Crippen LogP contribution in [0.1, 0.15) is 30.1 Å². The van der Waals surface area contributed by atoms with Gasteiger partial charge in [0.25, 0.3) is 0 Å². The molecule has 24 heavy (non-hydrogen) atoms. The van der Waals surface area contributed by atoms with Gasteiger partial charge in [-0.3, -0.25) is 5.10 Å².